The van der Waals surface area contributed by atoms with Gasteiger partial charge in [-0.2, -0.15) is 0 Å². The van der Waals surface area contributed by atoms with E-state index in [1.54, 1.807) is 7.05 Å². The first kappa shape index (κ1) is 14.9. The Morgan fingerprint density at radius 3 is 2.38 bits per heavy atom. The molecule has 1 aromatic rings. The van der Waals surface area contributed by atoms with Crippen LogP contribution in [0, 0.1) is 6.92 Å². The molecule has 0 fully saturated rings. The summed E-state index contributed by atoms with van der Waals surface area (Å²) in [6.45, 7) is 4.39. The predicted octanol–water partition coefficient (Wildman–Crippen LogP) is 1.81. The van der Waals surface area contributed by atoms with Gasteiger partial charge in [-0.15, -0.1) is 12.4 Å². The fraction of sp³-hybridized carbons (Fsp3) is 0.417. The number of hydrogen-bond acceptors (Lipinski definition) is 2. The van der Waals surface area contributed by atoms with E-state index in [1.807, 2.05) is 26.0 Å². The van der Waals surface area contributed by atoms with Gasteiger partial charge in [0.25, 0.3) is 0 Å². The summed E-state index contributed by atoms with van der Waals surface area (Å²) in [5, 5.41) is 5.74. The van der Waals surface area contributed by atoms with E-state index in [2.05, 4.69) is 22.8 Å². The third-order valence-electron chi connectivity index (χ3n) is 2.29. The van der Waals surface area contributed by atoms with Gasteiger partial charge in [0.1, 0.15) is 0 Å². The molecular formula is C12H19ClN2O. The average Bonchev–Trinajstić information content (AvgIpc) is 2.18. The molecule has 0 aliphatic rings. The molecule has 0 radical (unpaired) electrons. The molecule has 0 saturated carbocycles. The van der Waals surface area contributed by atoms with Gasteiger partial charge in [0, 0.05) is 0 Å². The Morgan fingerprint density at radius 1 is 1.31 bits per heavy atom. The molecule has 1 unspecified atom stereocenters. The van der Waals surface area contributed by atoms with E-state index in [0.29, 0.717) is 6.54 Å². The summed E-state index contributed by atoms with van der Waals surface area (Å²) < 4.78 is 0. The molecule has 0 spiro atoms. The highest BCUT2D eigenvalue weighted by Crippen LogP contribution is 2.12. The smallest absolute Gasteiger partial charge is 0.234 e. The van der Waals surface area contributed by atoms with Gasteiger partial charge in [-0.05, 0) is 26.5 Å². The average molecular weight is 243 g/mol. The molecule has 0 bridgehead atoms. The monoisotopic (exact) mass is 242 g/mol. The Bertz CT molecular complexity index is 324. The van der Waals surface area contributed by atoms with Crippen LogP contribution in [-0.2, 0) is 4.79 Å². The molecule has 0 aromatic heterocycles. The van der Waals surface area contributed by atoms with Crippen LogP contribution in [0.4, 0.5) is 0 Å². The maximum atomic E-state index is 11.3. The number of likely N-dealkylation sites (N-methyl/N-ethyl adjacent to an activating group) is 1. The lowest BCUT2D eigenvalue weighted by Crippen LogP contribution is -2.33. The summed E-state index contributed by atoms with van der Waals surface area (Å²) in [6.07, 6.45) is 0. The second-order valence-corrected chi connectivity index (χ2v) is 3.73. The fourth-order valence-electron chi connectivity index (χ4n) is 1.39. The topological polar surface area (TPSA) is 41.1 Å². The zero-order valence-electron chi connectivity index (χ0n) is 9.91. The maximum Gasteiger partial charge on any atom is 0.234 e. The van der Waals surface area contributed by atoms with E-state index in [1.165, 1.54) is 5.56 Å². The molecule has 0 aliphatic carbocycles. The Morgan fingerprint density at radius 2 is 1.88 bits per heavy atom. The summed E-state index contributed by atoms with van der Waals surface area (Å²) in [4.78, 5) is 11.3. The van der Waals surface area contributed by atoms with Crippen molar-refractivity contribution in [2.24, 2.45) is 0 Å². The molecule has 4 heteroatoms. The van der Waals surface area contributed by atoms with Gasteiger partial charge in [-0.1, -0.05) is 29.8 Å². The van der Waals surface area contributed by atoms with Crippen molar-refractivity contribution in [3.8, 4) is 0 Å². The van der Waals surface area contributed by atoms with Crippen LogP contribution in [0.15, 0.2) is 24.3 Å². The highest BCUT2D eigenvalue weighted by molar-refractivity contribution is 5.85. The number of amides is 1. The first-order valence-corrected chi connectivity index (χ1v) is 5.14. The van der Waals surface area contributed by atoms with Gasteiger partial charge >= 0.3 is 0 Å². The lowest BCUT2D eigenvalue weighted by molar-refractivity contribution is -0.120. The van der Waals surface area contributed by atoms with E-state index in [-0.39, 0.29) is 24.4 Å². The molecule has 0 heterocycles. The molecule has 90 valence electrons. The van der Waals surface area contributed by atoms with Crippen LogP contribution in [0.5, 0.6) is 0 Å². The minimum absolute atomic E-state index is 0. The number of benzene rings is 1. The molecule has 1 atom stereocenters. The lowest BCUT2D eigenvalue weighted by atomic mass is 10.1. The molecule has 0 aliphatic heterocycles. The van der Waals surface area contributed by atoms with E-state index < -0.39 is 0 Å². The number of rotatable bonds is 4. The Balaban J connectivity index is 0.00000225. The molecule has 2 N–H and O–H groups in total. The number of hydrogen-bond donors (Lipinski definition) is 2. The Kier molecular flexibility index (Phi) is 6.77. The van der Waals surface area contributed by atoms with Gasteiger partial charge < -0.3 is 10.6 Å². The summed E-state index contributed by atoms with van der Waals surface area (Å²) in [6, 6.07) is 8.25. The largest absolute Gasteiger partial charge is 0.348 e. The molecule has 16 heavy (non-hydrogen) atoms. The second-order valence-electron chi connectivity index (χ2n) is 3.73. The number of nitrogens with one attached hydrogen (secondary N) is 2. The minimum Gasteiger partial charge on any atom is -0.348 e. The van der Waals surface area contributed by atoms with Crippen molar-refractivity contribution < 1.29 is 4.79 Å². The third-order valence-corrected chi connectivity index (χ3v) is 2.29. The highest BCUT2D eigenvalue weighted by atomic mass is 35.5. The van der Waals surface area contributed by atoms with Gasteiger partial charge in [-0.25, -0.2) is 0 Å². The number of carbonyl (C=O) groups excluding carboxylic acids is 1. The number of halogens is 1. The van der Waals surface area contributed by atoms with Crippen LogP contribution in [-0.4, -0.2) is 19.5 Å². The van der Waals surface area contributed by atoms with Crippen LogP contribution in [0.3, 0.4) is 0 Å². The summed E-state index contributed by atoms with van der Waals surface area (Å²) in [5.41, 5.74) is 2.36. The second kappa shape index (κ2) is 7.25. The molecule has 1 amide bonds. The van der Waals surface area contributed by atoms with Gasteiger partial charge in [-0.3, -0.25) is 4.79 Å². The Hall–Kier alpha value is -1.06. The maximum absolute atomic E-state index is 11.3. The number of aryl methyl sites for hydroxylation is 1. The number of carbonyl (C=O) groups is 1. The SMILES string of the molecule is CNCC(=O)NC(C)c1ccc(C)cc1.Cl. The zero-order chi connectivity index (χ0) is 11.3. The first-order valence-electron chi connectivity index (χ1n) is 5.14. The van der Waals surface area contributed by atoms with E-state index in [4.69, 9.17) is 0 Å². The third kappa shape index (κ3) is 4.64. The van der Waals surface area contributed by atoms with Crippen LogP contribution in [0.1, 0.15) is 24.1 Å². The van der Waals surface area contributed by atoms with Crippen LogP contribution >= 0.6 is 12.4 Å². The highest BCUT2D eigenvalue weighted by Gasteiger charge is 2.07. The van der Waals surface area contributed by atoms with E-state index in [9.17, 15) is 4.79 Å². The van der Waals surface area contributed by atoms with Gasteiger partial charge in [0.05, 0.1) is 12.6 Å². The van der Waals surface area contributed by atoms with Crippen molar-refractivity contribution >= 4 is 18.3 Å². The van der Waals surface area contributed by atoms with Crippen LogP contribution in [0.25, 0.3) is 0 Å². The normalized spacial score (nSPS) is 11.4. The van der Waals surface area contributed by atoms with E-state index in [0.717, 1.165) is 5.56 Å². The summed E-state index contributed by atoms with van der Waals surface area (Å²) in [5.74, 6) is 0.0191. The van der Waals surface area contributed by atoms with Crippen LogP contribution < -0.4 is 10.6 Å². The van der Waals surface area contributed by atoms with Crippen LogP contribution in [0.2, 0.25) is 0 Å². The van der Waals surface area contributed by atoms with E-state index >= 15 is 0 Å². The predicted molar refractivity (Wildman–Crippen MR) is 68.9 cm³/mol. The lowest BCUT2D eigenvalue weighted by Gasteiger charge is -2.14. The van der Waals surface area contributed by atoms with Crippen molar-refractivity contribution in [2.45, 2.75) is 19.9 Å². The zero-order valence-corrected chi connectivity index (χ0v) is 10.7. The molecule has 0 saturated heterocycles. The summed E-state index contributed by atoms with van der Waals surface area (Å²) in [7, 11) is 1.76. The molecule has 3 nitrogen and oxygen atoms in total. The minimum atomic E-state index is 0. The standard InChI is InChI=1S/C12H18N2O.ClH/c1-9-4-6-11(7-5-9)10(2)14-12(15)8-13-3;/h4-7,10,13H,8H2,1-3H3,(H,14,15);1H. The quantitative estimate of drug-likeness (QED) is 0.846. The Labute approximate surface area is 103 Å². The molecular weight excluding hydrogens is 224 g/mol. The fourth-order valence-corrected chi connectivity index (χ4v) is 1.39. The van der Waals surface area contributed by atoms with Crippen molar-refractivity contribution in [3.63, 3.8) is 0 Å². The van der Waals surface area contributed by atoms with Crippen molar-refractivity contribution in [2.75, 3.05) is 13.6 Å². The molecule has 1 rings (SSSR count). The molecule has 1 aromatic carbocycles. The van der Waals surface area contributed by atoms with Gasteiger partial charge in [0.15, 0.2) is 0 Å². The van der Waals surface area contributed by atoms with Crippen molar-refractivity contribution in [1.82, 2.24) is 10.6 Å². The summed E-state index contributed by atoms with van der Waals surface area (Å²) >= 11 is 0. The first-order chi connectivity index (χ1) is 7.13. The van der Waals surface area contributed by atoms with Crippen molar-refractivity contribution in [3.05, 3.63) is 35.4 Å². The van der Waals surface area contributed by atoms with Gasteiger partial charge in [0.2, 0.25) is 5.91 Å². The van der Waals surface area contributed by atoms with Crippen molar-refractivity contribution in [1.29, 1.82) is 0 Å².